The molecule has 158 valence electrons. The fourth-order valence-corrected chi connectivity index (χ4v) is 3.97. The Labute approximate surface area is 186 Å². The van der Waals surface area contributed by atoms with Crippen molar-refractivity contribution in [3.8, 4) is 21.8 Å². The number of nitrogens with zero attached hydrogens (tertiary/aromatic N) is 2. The second-order valence-electron chi connectivity index (χ2n) is 7.09. The Kier molecular flexibility index (Phi) is 5.35. The maximum absolute atomic E-state index is 13.2. The molecule has 5 aromatic rings. The minimum absolute atomic E-state index is 0.282. The summed E-state index contributed by atoms with van der Waals surface area (Å²) in [6.07, 6.45) is 2.11. The summed E-state index contributed by atoms with van der Waals surface area (Å²) in [5.74, 6) is 0.433. The van der Waals surface area contributed by atoms with Crippen molar-refractivity contribution >= 4 is 22.9 Å². The number of aromatic amines is 1. The quantitative estimate of drug-likeness (QED) is 0.348. The number of amides is 1. The van der Waals surface area contributed by atoms with Crippen LogP contribution in [0.15, 0.2) is 82.8 Å². The number of benzene rings is 2. The summed E-state index contributed by atoms with van der Waals surface area (Å²) in [5.41, 5.74) is 3.53. The van der Waals surface area contributed by atoms with Crippen LogP contribution in [-0.2, 0) is 6.42 Å². The fraction of sp³-hybridized carbons (Fsp3) is 0.0417. The summed E-state index contributed by atoms with van der Waals surface area (Å²) in [6, 6.07) is 19.2. The van der Waals surface area contributed by atoms with Crippen LogP contribution in [-0.4, -0.2) is 21.0 Å². The number of carbonyl (C=O) groups is 1. The molecule has 1 amide bonds. The van der Waals surface area contributed by atoms with Gasteiger partial charge in [0.2, 0.25) is 11.7 Å². The summed E-state index contributed by atoms with van der Waals surface area (Å²) < 4.78 is 18.6. The van der Waals surface area contributed by atoms with E-state index in [1.54, 1.807) is 35.7 Å². The van der Waals surface area contributed by atoms with Crippen molar-refractivity contribution in [2.75, 3.05) is 5.32 Å². The first-order chi connectivity index (χ1) is 15.7. The van der Waals surface area contributed by atoms with Crippen LogP contribution in [0.2, 0.25) is 0 Å². The number of aromatic nitrogens is 3. The molecule has 0 aliphatic heterocycles. The summed E-state index contributed by atoms with van der Waals surface area (Å²) in [6.45, 7) is 0. The Bertz CT molecular complexity index is 1360. The van der Waals surface area contributed by atoms with Crippen LogP contribution in [0.25, 0.3) is 21.8 Å². The number of para-hydroxylation sites is 1. The van der Waals surface area contributed by atoms with Gasteiger partial charge in [0.25, 0.3) is 5.91 Å². The largest absolute Gasteiger partial charge is 0.357 e. The molecule has 0 atom stereocenters. The van der Waals surface area contributed by atoms with Gasteiger partial charge in [0, 0.05) is 11.9 Å². The molecule has 0 fully saturated rings. The number of anilines is 1. The maximum Gasteiger partial charge on any atom is 0.272 e. The number of carbonyl (C=O) groups excluding carboxylic acids is 1. The average Bonchev–Trinajstić information content (AvgIpc) is 3.57. The van der Waals surface area contributed by atoms with Crippen LogP contribution >= 0.6 is 11.3 Å². The zero-order valence-corrected chi connectivity index (χ0v) is 17.5. The average molecular weight is 444 g/mol. The minimum Gasteiger partial charge on any atom is -0.357 e. The molecule has 5 rings (SSSR count). The van der Waals surface area contributed by atoms with Gasteiger partial charge >= 0.3 is 0 Å². The number of halogens is 1. The van der Waals surface area contributed by atoms with Gasteiger partial charge in [0.15, 0.2) is 0 Å². The maximum atomic E-state index is 13.2. The molecule has 0 bridgehead atoms. The Hall–Kier alpha value is -4.04. The van der Waals surface area contributed by atoms with Crippen LogP contribution in [0, 0.1) is 5.82 Å². The molecule has 32 heavy (non-hydrogen) atoms. The molecule has 0 spiro atoms. The Morgan fingerprint density at radius 2 is 1.91 bits per heavy atom. The minimum atomic E-state index is -0.303. The molecule has 3 heterocycles. The van der Waals surface area contributed by atoms with E-state index in [0.29, 0.717) is 29.5 Å². The van der Waals surface area contributed by atoms with E-state index in [1.165, 1.54) is 12.1 Å². The van der Waals surface area contributed by atoms with Crippen molar-refractivity contribution in [3.05, 3.63) is 101 Å². The molecule has 0 saturated heterocycles. The molecule has 2 aromatic carbocycles. The number of rotatable bonds is 6. The zero-order chi connectivity index (χ0) is 21.9. The van der Waals surface area contributed by atoms with Gasteiger partial charge in [0.05, 0.1) is 11.3 Å². The van der Waals surface area contributed by atoms with Gasteiger partial charge in [-0.15, -0.1) is 11.3 Å². The Balaban J connectivity index is 1.32. The summed E-state index contributed by atoms with van der Waals surface area (Å²) in [5, 5.41) is 8.93. The lowest BCUT2D eigenvalue weighted by molar-refractivity contribution is 0.102. The second-order valence-corrected chi connectivity index (χ2v) is 8.03. The summed E-state index contributed by atoms with van der Waals surface area (Å²) in [4.78, 5) is 21.2. The highest BCUT2D eigenvalue weighted by molar-refractivity contribution is 7.13. The van der Waals surface area contributed by atoms with Gasteiger partial charge in [-0.05, 0) is 52.4 Å². The van der Waals surface area contributed by atoms with Crippen LogP contribution in [0.4, 0.5) is 10.1 Å². The third kappa shape index (κ3) is 4.21. The van der Waals surface area contributed by atoms with Crippen molar-refractivity contribution in [1.82, 2.24) is 15.1 Å². The zero-order valence-electron chi connectivity index (χ0n) is 16.7. The molecule has 0 unspecified atom stereocenters. The predicted molar refractivity (Wildman–Crippen MR) is 121 cm³/mol. The lowest BCUT2D eigenvalue weighted by atomic mass is 10.1. The number of H-pyrrole nitrogens is 1. The van der Waals surface area contributed by atoms with E-state index >= 15 is 0 Å². The first-order valence-electron chi connectivity index (χ1n) is 9.86. The van der Waals surface area contributed by atoms with Crippen molar-refractivity contribution in [2.24, 2.45) is 0 Å². The van der Waals surface area contributed by atoms with Crippen molar-refractivity contribution in [2.45, 2.75) is 6.42 Å². The Morgan fingerprint density at radius 3 is 2.72 bits per heavy atom. The highest BCUT2D eigenvalue weighted by Crippen LogP contribution is 2.25. The van der Waals surface area contributed by atoms with Crippen LogP contribution in [0.5, 0.6) is 0 Å². The smallest absolute Gasteiger partial charge is 0.272 e. The highest BCUT2D eigenvalue weighted by Gasteiger charge is 2.15. The summed E-state index contributed by atoms with van der Waals surface area (Å²) in [7, 11) is 0. The van der Waals surface area contributed by atoms with Gasteiger partial charge < -0.3 is 14.8 Å². The van der Waals surface area contributed by atoms with Crippen molar-refractivity contribution in [1.29, 1.82) is 0 Å². The molecule has 0 aliphatic carbocycles. The van der Waals surface area contributed by atoms with E-state index in [9.17, 15) is 9.18 Å². The lowest BCUT2D eigenvalue weighted by Gasteiger charge is -2.09. The molecule has 0 aliphatic rings. The first kappa shape index (κ1) is 19.9. The molecule has 8 heteroatoms. The van der Waals surface area contributed by atoms with E-state index in [1.807, 2.05) is 41.8 Å². The van der Waals surface area contributed by atoms with Crippen LogP contribution < -0.4 is 5.32 Å². The Morgan fingerprint density at radius 1 is 1.06 bits per heavy atom. The van der Waals surface area contributed by atoms with Crippen LogP contribution in [0.3, 0.4) is 0 Å². The number of thiophene rings is 1. The topological polar surface area (TPSA) is 83.8 Å². The first-order valence-corrected chi connectivity index (χ1v) is 10.7. The third-order valence-electron chi connectivity index (χ3n) is 4.92. The van der Waals surface area contributed by atoms with Gasteiger partial charge in [-0.25, -0.2) is 4.39 Å². The standard InChI is InChI=1S/C24H17FN4O2S/c25-18-9-7-15(8-10-18)17-12-20(26-14-17)24(30)27-19-5-2-1-4-16(19)13-22-28-23(29-31-22)21-6-3-11-32-21/h1-12,14,26H,13H2,(H,27,30). The molecular formula is C24H17FN4O2S. The van der Waals surface area contributed by atoms with E-state index in [0.717, 1.165) is 21.6 Å². The molecule has 3 aromatic heterocycles. The summed E-state index contributed by atoms with van der Waals surface area (Å²) >= 11 is 1.54. The van der Waals surface area contributed by atoms with E-state index in [2.05, 4.69) is 20.4 Å². The van der Waals surface area contributed by atoms with Crippen LogP contribution in [0.1, 0.15) is 21.9 Å². The van der Waals surface area contributed by atoms with E-state index < -0.39 is 0 Å². The highest BCUT2D eigenvalue weighted by atomic mass is 32.1. The monoisotopic (exact) mass is 444 g/mol. The predicted octanol–water partition coefficient (Wildman–Crippen LogP) is 5.78. The van der Waals surface area contributed by atoms with Crippen molar-refractivity contribution < 1.29 is 13.7 Å². The lowest BCUT2D eigenvalue weighted by Crippen LogP contribution is -2.13. The third-order valence-corrected chi connectivity index (χ3v) is 5.79. The van der Waals surface area contributed by atoms with Gasteiger partial charge in [-0.3, -0.25) is 4.79 Å². The van der Waals surface area contributed by atoms with Gasteiger partial charge in [-0.1, -0.05) is 41.6 Å². The molecule has 2 N–H and O–H groups in total. The van der Waals surface area contributed by atoms with Crippen molar-refractivity contribution in [3.63, 3.8) is 0 Å². The molecule has 0 saturated carbocycles. The molecule has 6 nitrogen and oxygen atoms in total. The normalized spacial score (nSPS) is 10.9. The molecular weight excluding hydrogens is 427 g/mol. The SMILES string of the molecule is O=C(Nc1ccccc1Cc1nc(-c2cccs2)no1)c1cc(-c2ccc(F)cc2)c[nH]1. The van der Waals surface area contributed by atoms with E-state index in [4.69, 9.17) is 4.52 Å². The molecule has 0 radical (unpaired) electrons. The van der Waals surface area contributed by atoms with Gasteiger partial charge in [-0.2, -0.15) is 4.98 Å². The second kappa shape index (κ2) is 8.60. The number of nitrogens with one attached hydrogen (secondary N) is 2. The van der Waals surface area contributed by atoms with Gasteiger partial charge in [0.1, 0.15) is 11.5 Å². The number of hydrogen-bond donors (Lipinski definition) is 2. The number of hydrogen-bond acceptors (Lipinski definition) is 5. The van der Waals surface area contributed by atoms with E-state index in [-0.39, 0.29) is 11.7 Å². The fourth-order valence-electron chi connectivity index (χ4n) is 3.32.